The van der Waals surface area contributed by atoms with Crippen molar-refractivity contribution in [3.05, 3.63) is 34.6 Å². The minimum atomic E-state index is -0.581. The first-order valence-electron chi connectivity index (χ1n) is 10.8. The Labute approximate surface area is 176 Å². The molecule has 0 amide bonds. The van der Waals surface area contributed by atoms with Gasteiger partial charge in [0.2, 0.25) is 0 Å². The van der Waals surface area contributed by atoms with E-state index in [2.05, 4.69) is 23.8 Å². The third kappa shape index (κ3) is 2.79. The van der Waals surface area contributed by atoms with E-state index in [1.165, 1.54) is 0 Å². The number of morpholine rings is 1. The highest BCUT2D eigenvalue weighted by Gasteiger charge is 2.56. The molecule has 0 saturated carbocycles. The maximum atomic E-state index is 12.6. The number of nitrogens with zero attached hydrogens (tertiary/aromatic N) is 2. The molecule has 2 aliphatic heterocycles. The van der Waals surface area contributed by atoms with E-state index in [1.54, 1.807) is 12.1 Å². The van der Waals surface area contributed by atoms with Crippen LogP contribution >= 0.6 is 0 Å². The summed E-state index contributed by atoms with van der Waals surface area (Å²) in [4.78, 5) is 17.2. The molecule has 2 heterocycles. The lowest BCUT2D eigenvalue weighted by Gasteiger charge is -2.56. The van der Waals surface area contributed by atoms with Gasteiger partial charge in [0.05, 0.1) is 13.2 Å². The van der Waals surface area contributed by atoms with Gasteiger partial charge in [-0.05, 0) is 56.6 Å². The number of aliphatic hydroxyl groups is 1. The molecule has 4 aliphatic rings. The molecule has 7 nitrogen and oxygen atoms in total. The monoisotopic (exact) mass is 414 g/mol. The predicted octanol–water partition coefficient (Wildman–Crippen LogP) is 1.85. The number of rotatable bonds is 2. The molecule has 162 valence electrons. The van der Waals surface area contributed by atoms with Crippen LogP contribution in [0.1, 0.15) is 36.5 Å². The molecule has 2 bridgehead atoms. The first-order valence-corrected chi connectivity index (χ1v) is 10.8. The summed E-state index contributed by atoms with van der Waals surface area (Å²) in [5, 5.41) is 31.8. The number of hydrogen-bond acceptors (Lipinski definition) is 7. The number of benzene rings is 1. The molecule has 0 aromatic heterocycles. The molecule has 7 heteroatoms. The summed E-state index contributed by atoms with van der Waals surface area (Å²) in [7, 11) is 2.09. The van der Waals surface area contributed by atoms with Crippen molar-refractivity contribution in [1.29, 1.82) is 0 Å². The van der Waals surface area contributed by atoms with E-state index in [0.717, 1.165) is 36.2 Å². The number of ketones is 1. The largest absolute Gasteiger partial charge is 0.505 e. The van der Waals surface area contributed by atoms with Crippen LogP contribution in [0.15, 0.2) is 17.9 Å². The number of fused-ring (bicyclic) bond motifs is 1. The van der Waals surface area contributed by atoms with Crippen LogP contribution < -0.4 is 0 Å². The number of ether oxygens (including phenoxy) is 1. The molecule has 4 atom stereocenters. The smallest absolute Gasteiger partial charge is 0.197 e. The number of piperidine rings is 1. The third-order valence-corrected chi connectivity index (χ3v) is 7.90. The zero-order valence-corrected chi connectivity index (χ0v) is 17.6. The van der Waals surface area contributed by atoms with Gasteiger partial charge in [0.25, 0.3) is 0 Å². The third-order valence-electron chi connectivity index (χ3n) is 7.90. The zero-order valence-electron chi connectivity index (χ0n) is 17.6. The van der Waals surface area contributed by atoms with E-state index in [1.807, 2.05) is 0 Å². The molecule has 3 N–H and O–H groups in total. The zero-order chi connectivity index (χ0) is 21.2. The average Bonchev–Trinajstić information content (AvgIpc) is 2.71. The van der Waals surface area contributed by atoms with Crippen LogP contribution in [0.2, 0.25) is 0 Å². The van der Waals surface area contributed by atoms with E-state index < -0.39 is 5.41 Å². The topological polar surface area (TPSA) is 93.5 Å². The van der Waals surface area contributed by atoms with Crippen molar-refractivity contribution in [2.75, 3.05) is 33.4 Å². The molecular formula is C23H30N2O5. The van der Waals surface area contributed by atoms with Crippen LogP contribution in [0.3, 0.4) is 0 Å². The standard InChI is InChI=1S/C23H30N2O5/c1-13-12-30-6-5-25(13)11-14-7-19(27)22(29)21-15(14)8-17-16-9-18(26)20(28)10-23(16,21)3-4-24(17)2/h7,9,13,16-17,26-27,29H,3-6,8,10-12H2,1-2H3. The lowest BCUT2D eigenvalue weighted by molar-refractivity contribution is -0.122. The number of likely N-dealkylation sites (N-methyl/N-ethyl adjacent to an activating group) is 1. The van der Waals surface area contributed by atoms with Crippen molar-refractivity contribution >= 4 is 5.78 Å². The van der Waals surface area contributed by atoms with Gasteiger partial charge in [0.1, 0.15) is 0 Å². The van der Waals surface area contributed by atoms with E-state index in [9.17, 15) is 20.1 Å². The Balaban J connectivity index is 1.67. The summed E-state index contributed by atoms with van der Waals surface area (Å²) >= 11 is 0. The van der Waals surface area contributed by atoms with Crippen molar-refractivity contribution < 1.29 is 24.9 Å². The van der Waals surface area contributed by atoms with E-state index >= 15 is 0 Å². The SMILES string of the molecule is CC1COCCN1Cc1cc(O)c(O)c2c1CC1C3C=C(O)C(=O)CC23CCN1C. The van der Waals surface area contributed by atoms with Crippen LogP contribution in [0, 0.1) is 5.92 Å². The Bertz CT molecular complexity index is 929. The second-order valence-corrected chi connectivity index (χ2v) is 9.49. The predicted molar refractivity (Wildman–Crippen MR) is 111 cm³/mol. The molecule has 4 unspecified atom stereocenters. The van der Waals surface area contributed by atoms with Crippen LogP contribution in [0.25, 0.3) is 0 Å². The highest BCUT2D eigenvalue weighted by Crippen LogP contribution is 2.58. The van der Waals surface area contributed by atoms with Crippen molar-refractivity contribution in [2.45, 2.75) is 50.2 Å². The fourth-order valence-electron chi connectivity index (χ4n) is 6.22. The Morgan fingerprint density at radius 1 is 1.27 bits per heavy atom. The summed E-state index contributed by atoms with van der Waals surface area (Å²) < 4.78 is 5.57. The minimum absolute atomic E-state index is 0.0655. The molecule has 1 aromatic rings. The molecule has 2 saturated heterocycles. The Morgan fingerprint density at radius 3 is 2.83 bits per heavy atom. The Morgan fingerprint density at radius 2 is 2.07 bits per heavy atom. The van der Waals surface area contributed by atoms with Crippen molar-refractivity contribution in [3.63, 3.8) is 0 Å². The van der Waals surface area contributed by atoms with Gasteiger partial charge >= 0.3 is 0 Å². The number of hydrogen-bond donors (Lipinski definition) is 3. The van der Waals surface area contributed by atoms with Gasteiger partial charge in [0.15, 0.2) is 23.0 Å². The molecule has 5 rings (SSSR count). The van der Waals surface area contributed by atoms with Gasteiger partial charge in [-0.15, -0.1) is 0 Å². The number of carbonyl (C=O) groups excluding carboxylic acids is 1. The van der Waals surface area contributed by atoms with Crippen LogP contribution in [-0.4, -0.2) is 76.3 Å². The molecule has 2 fully saturated rings. The number of carbonyl (C=O) groups is 1. The van der Waals surface area contributed by atoms with Crippen molar-refractivity contribution in [3.8, 4) is 11.5 Å². The summed E-state index contributed by atoms with van der Waals surface area (Å²) in [6, 6.07) is 2.12. The lowest BCUT2D eigenvalue weighted by atomic mass is 9.53. The number of likely N-dealkylation sites (tertiary alicyclic amines) is 1. The molecule has 2 aliphatic carbocycles. The van der Waals surface area contributed by atoms with Crippen LogP contribution in [0.4, 0.5) is 0 Å². The average molecular weight is 415 g/mol. The number of aliphatic hydroxyl groups excluding tert-OH is 1. The van der Waals surface area contributed by atoms with Crippen molar-refractivity contribution in [1.82, 2.24) is 9.80 Å². The summed E-state index contributed by atoms with van der Waals surface area (Å²) in [6.45, 7) is 5.81. The normalized spacial score (nSPS) is 34.3. The second kappa shape index (κ2) is 6.97. The van der Waals surface area contributed by atoms with Crippen LogP contribution in [-0.2, 0) is 27.9 Å². The van der Waals surface area contributed by atoms with E-state index in [-0.39, 0.29) is 47.5 Å². The maximum absolute atomic E-state index is 12.6. The first-order chi connectivity index (χ1) is 14.3. The van der Waals surface area contributed by atoms with E-state index in [4.69, 9.17) is 4.74 Å². The molecular weight excluding hydrogens is 384 g/mol. The number of phenols is 2. The molecule has 1 aromatic carbocycles. The van der Waals surface area contributed by atoms with Crippen molar-refractivity contribution in [2.24, 2.45) is 5.92 Å². The lowest BCUT2D eigenvalue weighted by Crippen LogP contribution is -2.60. The van der Waals surface area contributed by atoms with Gasteiger partial charge < -0.3 is 25.0 Å². The highest BCUT2D eigenvalue weighted by atomic mass is 16.5. The molecule has 30 heavy (non-hydrogen) atoms. The summed E-state index contributed by atoms with van der Waals surface area (Å²) in [6.07, 6.45) is 3.29. The number of allylic oxidation sites excluding steroid dienone is 1. The number of Topliss-reactive ketones (excluding diaryl/α,β-unsaturated/α-hetero) is 1. The quantitative estimate of drug-likeness (QED) is 0.636. The fourth-order valence-corrected chi connectivity index (χ4v) is 6.22. The van der Waals surface area contributed by atoms with Gasteiger partial charge in [-0.25, -0.2) is 0 Å². The minimum Gasteiger partial charge on any atom is -0.505 e. The number of aromatic hydroxyl groups is 2. The Kier molecular flexibility index (Phi) is 4.61. The van der Waals surface area contributed by atoms with Gasteiger partial charge in [-0.3, -0.25) is 9.69 Å². The van der Waals surface area contributed by atoms with Gasteiger partial charge in [-0.2, -0.15) is 0 Å². The maximum Gasteiger partial charge on any atom is 0.197 e. The second-order valence-electron chi connectivity index (χ2n) is 9.49. The summed E-state index contributed by atoms with van der Waals surface area (Å²) in [5.41, 5.74) is 2.21. The Hall–Kier alpha value is -2.09. The van der Waals surface area contributed by atoms with Gasteiger partial charge in [-0.1, -0.05) is 0 Å². The van der Waals surface area contributed by atoms with Gasteiger partial charge in [0, 0.05) is 48.5 Å². The van der Waals surface area contributed by atoms with Crippen LogP contribution in [0.5, 0.6) is 11.5 Å². The molecule has 0 radical (unpaired) electrons. The van der Waals surface area contributed by atoms with E-state index in [0.29, 0.717) is 26.2 Å². The molecule has 0 spiro atoms. The summed E-state index contributed by atoms with van der Waals surface area (Å²) in [5.74, 6) is -0.736. The highest BCUT2D eigenvalue weighted by molar-refractivity contribution is 5.95. The fraction of sp³-hybridized carbons (Fsp3) is 0.609. The first kappa shape index (κ1) is 19.8. The number of phenolic OH excluding ortho intramolecular Hbond substituents is 2.